The zero-order valence-corrected chi connectivity index (χ0v) is 23.4. The molecule has 0 amide bonds. The summed E-state index contributed by atoms with van der Waals surface area (Å²) in [7, 11) is 0. The average molecular weight is 544 g/mol. The summed E-state index contributed by atoms with van der Waals surface area (Å²) in [5, 5.41) is 18.1. The van der Waals surface area contributed by atoms with Crippen LogP contribution in [0.15, 0.2) is 152 Å². The van der Waals surface area contributed by atoms with Crippen molar-refractivity contribution in [1.82, 2.24) is 4.57 Å². The minimum Gasteiger partial charge on any atom is -0.308 e. The van der Waals surface area contributed by atoms with Crippen LogP contribution < -0.4 is 0 Å². The fourth-order valence-electron chi connectivity index (χ4n) is 7.73. The van der Waals surface area contributed by atoms with E-state index in [1.54, 1.807) is 0 Å². The lowest BCUT2D eigenvalue weighted by Gasteiger charge is -2.15. The molecule has 1 nitrogen and oxygen atoms in total. The van der Waals surface area contributed by atoms with Gasteiger partial charge in [0.1, 0.15) is 0 Å². The first-order valence-electron chi connectivity index (χ1n) is 15.0. The Morgan fingerprint density at radius 3 is 1.37 bits per heavy atom. The van der Waals surface area contributed by atoms with Crippen LogP contribution in [0.25, 0.3) is 92.1 Å². The molecule has 10 aromatic rings. The molecule has 0 atom stereocenters. The van der Waals surface area contributed by atoms with Crippen molar-refractivity contribution in [3.63, 3.8) is 0 Å². The molecule has 0 aliphatic rings. The van der Waals surface area contributed by atoms with Gasteiger partial charge in [0.2, 0.25) is 0 Å². The standard InChI is InChI=1S/C42H25N/c1-2-12-28-26(11-1)21-23-38-40-36-19-9-7-16-32(36)33-17-8-10-20-37(33)42(40)43(41(28)38)27-22-24-35-31-15-4-3-13-29(31)30-14-5-6-18-34(30)39(35)25-27/h1-25H. The lowest BCUT2D eigenvalue weighted by Crippen LogP contribution is -1.96. The van der Waals surface area contributed by atoms with Gasteiger partial charge in [-0.15, -0.1) is 0 Å². The summed E-state index contributed by atoms with van der Waals surface area (Å²) in [4.78, 5) is 0. The van der Waals surface area contributed by atoms with E-state index in [9.17, 15) is 0 Å². The molecule has 0 fully saturated rings. The molecule has 198 valence electrons. The first-order valence-corrected chi connectivity index (χ1v) is 15.0. The minimum atomic E-state index is 1.18. The summed E-state index contributed by atoms with van der Waals surface area (Å²) in [5.74, 6) is 0. The fraction of sp³-hybridized carbons (Fsp3) is 0. The largest absolute Gasteiger partial charge is 0.308 e. The molecule has 0 saturated carbocycles. The van der Waals surface area contributed by atoms with Crippen LogP contribution in [0.1, 0.15) is 0 Å². The summed E-state index contributed by atoms with van der Waals surface area (Å²) in [6.45, 7) is 0. The Labute approximate surface area is 247 Å². The minimum absolute atomic E-state index is 1.18. The number of nitrogens with zero attached hydrogens (tertiary/aromatic N) is 1. The molecule has 10 rings (SSSR count). The topological polar surface area (TPSA) is 4.93 Å². The van der Waals surface area contributed by atoms with Gasteiger partial charge in [0.05, 0.1) is 11.0 Å². The molecule has 0 N–H and O–H groups in total. The van der Waals surface area contributed by atoms with Crippen molar-refractivity contribution in [2.45, 2.75) is 0 Å². The molecule has 0 saturated heterocycles. The van der Waals surface area contributed by atoms with Crippen molar-refractivity contribution in [3.8, 4) is 5.69 Å². The molecule has 9 aromatic carbocycles. The van der Waals surface area contributed by atoms with Crippen molar-refractivity contribution in [2.24, 2.45) is 0 Å². The maximum Gasteiger partial charge on any atom is 0.0626 e. The fourth-order valence-corrected chi connectivity index (χ4v) is 7.73. The summed E-state index contributed by atoms with van der Waals surface area (Å²) in [6.07, 6.45) is 0. The number of hydrogen-bond donors (Lipinski definition) is 0. The third kappa shape index (κ3) is 3.01. The molecule has 1 heterocycles. The van der Waals surface area contributed by atoms with Crippen LogP contribution in [0.3, 0.4) is 0 Å². The lowest BCUT2D eigenvalue weighted by atomic mass is 9.94. The number of benzene rings is 9. The van der Waals surface area contributed by atoms with Gasteiger partial charge in [-0.05, 0) is 66.0 Å². The van der Waals surface area contributed by atoms with Gasteiger partial charge in [0.25, 0.3) is 0 Å². The molecule has 1 heteroatoms. The van der Waals surface area contributed by atoms with Crippen LogP contribution in [0.5, 0.6) is 0 Å². The van der Waals surface area contributed by atoms with E-state index in [2.05, 4.69) is 156 Å². The van der Waals surface area contributed by atoms with Gasteiger partial charge in [-0.25, -0.2) is 0 Å². The summed E-state index contributed by atoms with van der Waals surface area (Å²) >= 11 is 0. The maximum absolute atomic E-state index is 2.55. The monoisotopic (exact) mass is 543 g/mol. The van der Waals surface area contributed by atoms with Crippen molar-refractivity contribution < 1.29 is 0 Å². The molecule has 0 aliphatic carbocycles. The Hall–Kier alpha value is -5.66. The van der Waals surface area contributed by atoms with Crippen molar-refractivity contribution >= 4 is 86.4 Å². The average Bonchev–Trinajstić information content (AvgIpc) is 3.45. The van der Waals surface area contributed by atoms with Gasteiger partial charge in [-0.3, -0.25) is 0 Å². The zero-order valence-electron chi connectivity index (χ0n) is 23.4. The van der Waals surface area contributed by atoms with Crippen LogP contribution in [0, 0.1) is 0 Å². The first kappa shape index (κ1) is 23.0. The van der Waals surface area contributed by atoms with Gasteiger partial charge < -0.3 is 4.57 Å². The van der Waals surface area contributed by atoms with E-state index >= 15 is 0 Å². The molecule has 0 aliphatic heterocycles. The third-order valence-corrected chi connectivity index (χ3v) is 9.51. The normalized spacial score (nSPS) is 12.2. The van der Waals surface area contributed by atoms with Crippen molar-refractivity contribution in [2.75, 3.05) is 0 Å². The molecular formula is C42H25N. The van der Waals surface area contributed by atoms with Gasteiger partial charge in [-0.1, -0.05) is 140 Å². The zero-order chi connectivity index (χ0) is 28.1. The number of rotatable bonds is 1. The van der Waals surface area contributed by atoms with Gasteiger partial charge >= 0.3 is 0 Å². The Balaban J connectivity index is 1.48. The molecule has 43 heavy (non-hydrogen) atoms. The quantitative estimate of drug-likeness (QED) is 0.181. The van der Waals surface area contributed by atoms with Gasteiger partial charge in [0, 0.05) is 27.2 Å². The second kappa shape index (κ2) is 8.44. The summed E-state index contributed by atoms with van der Waals surface area (Å²) in [6, 6.07) is 56.0. The number of fused-ring (bicyclic) bond motifs is 16. The predicted molar refractivity (Wildman–Crippen MR) is 186 cm³/mol. The Morgan fingerprint density at radius 2 is 0.721 bits per heavy atom. The maximum atomic E-state index is 2.55. The van der Waals surface area contributed by atoms with Crippen molar-refractivity contribution in [1.29, 1.82) is 0 Å². The van der Waals surface area contributed by atoms with E-state index in [1.165, 1.54) is 92.1 Å². The van der Waals surface area contributed by atoms with Crippen molar-refractivity contribution in [3.05, 3.63) is 152 Å². The third-order valence-electron chi connectivity index (χ3n) is 9.51. The van der Waals surface area contributed by atoms with E-state index in [0.29, 0.717) is 0 Å². The van der Waals surface area contributed by atoms with Crippen LogP contribution in [0.2, 0.25) is 0 Å². The smallest absolute Gasteiger partial charge is 0.0626 e. The summed E-state index contributed by atoms with van der Waals surface area (Å²) in [5.41, 5.74) is 3.72. The Morgan fingerprint density at radius 1 is 0.279 bits per heavy atom. The molecule has 1 aromatic heterocycles. The number of hydrogen-bond acceptors (Lipinski definition) is 0. The van der Waals surface area contributed by atoms with E-state index in [-0.39, 0.29) is 0 Å². The number of aromatic nitrogens is 1. The van der Waals surface area contributed by atoms with E-state index in [0.717, 1.165) is 0 Å². The molecule has 0 radical (unpaired) electrons. The Bertz CT molecular complexity index is 2740. The summed E-state index contributed by atoms with van der Waals surface area (Å²) < 4.78 is 2.55. The molecule has 0 spiro atoms. The van der Waals surface area contributed by atoms with Gasteiger partial charge in [-0.2, -0.15) is 0 Å². The first-order chi connectivity index (χ1) is 21.4. The lowest BCUT2D eigenvalue weighted by molar-refractivity contribution is 1.20. The van der Waals surface area contributed by atoms with E-state index in [4.69, 9.17) is 0 Å². The highest BCUT2D eigenvalue weighted by atomic mass is 15.0. The van der Waals surface area contributed by atoms with Crippen LogP contribution in [0.4, 0.5) is 0 Å². The van der Waals surface area contributed by atoms with Crippen LogP contribution >= 0.6 is 0 Å². The SMILES string of the molecule is c1ccc2c(c1)ccc1c3c4ccccc4c4ccccc4c3n(-c3ccc4c5ccccc5c5ccccc5c4c3)c21. The second-order valence-electron chi connectivity index (χ2n) is 11.7. The molecule has 0 unspecified atom stereocenters. The second-order valence-corrected chi connectivity index (χ2v) is 11.7. The highest BCUT2D eigenvalue weighted by molar-refractivity contribution is 6.34. The predicted octanol–water partition coefficient (Wildman–Crippen LogP) is 11.7. The highest BCUT2D eigenvalue weighted by Gasteiger charge is 2.21. The van der Waals surface area contributed by atoms with E-state index in [1.807, 2.05) is 0 Å². The van der Waals surface area contributed by atoms with E-state index < -0.39 is 0 Å². The molecule has 0 bridgehead atoms. The van der Waals surface area contributed by atoms with Crippen LogP contribution in [-0.2, 0) is 0 Å². The highest BCUT2D eigenvalue weighted by Crippen LogP contribution is 2.45. The molecular weight excluding hydrogens is 518 g/mol. The Kier molecular flexibility index (Phi) is 4.51. The van der Waals surface area contributed by atoms with Gasteiger partial charge in [0.15, 0.2) is 0 Å². The van der Waals surface area contributed by atoms with Crippen LogP contribution in [-0.4, -0.2) is 4.57 Å².